The average Bonchev–Trinajstić information content (AvgIpc) is 3.03. The highest BCUT2D eigenvalue weighted by atomic mass is 32.2. The van der Waals surface area contributed by atoms with Crippen LogP contribution in [0.4, 0.5) is 0 Å². The van der Waals surface area contributed by atoms with Crippen LogP contribution in [0, 0.1) is 0 Å². The SMILES string of the molecule is O=C(CSc1ncnc2nc[nH]c12)N/N=C\c1cccnc1. The smallest absolute Gasteiger partial charge is 0.250 e. The number of aromatic nitrogens is 5. The zero-order valence-electron chi connectivity index (χ0n) is 11.3. The van der Waals surface area contributed by atoms with E-state index in [1.807, 2.05) is 6.07 Å². The summed E-state index contributed by atoms with van der Waals surface area (Å²) in [4.78, 5) is 30.8. The number of hydrazone groups is 1. The number of carbonyl (C=O) groups excluding carboxylic acids is 1. The van der Waals surface area contributed by atoms with Crippen molar-refractivity contribution >= 4 is 35.0 Å². The van der Waals surface area contributed by atoms with Gasteiger partial charge in [-0.3, -0.25) is 9.78 Å². The fourth-order valence-electron chi connectivity index (χ4n) is 1.65. The Balaban J connectivity index is 1.54. The van der Waals surface area contributed by atoms with E-state index in [0.29, 0.717) is 10.7 Å². The number of H-pyrrole nitrogens is 1. The lowest BCUT2D eigenvalue weighted by Gasteiger charge is -2.00. The molecule has 0 unspecified atom stereocenters. The Hall–Kier alpha value is -2.81. The number of nitrogens with one attached hydrogen (secondary N) is 2. The predicted octanol–water partition coefficient (Wildman–Crippen LogP) is 0.990. The number of aromatic amines is 1. The maximum atomic E-state index is 11.8. The number of thioether (sulfide) groups is 1. The standard InChI is InChI=1S/C13H11N7OS/c21-10(20-19-5-9-2-1-3-14-4-9)6-22-13-11-12(16-7-15-11)17-8-18-13/h1-5,7-8H,6H2,(H,20,21)(H,15,16,17,18)/b19-5-. The third-order valence-corrected chi connectivity index (χ3v) is 3.60. The van der Waals surface area contributed by atoms with Gasteiger partial charge in [0.05, 0.1) is 18.3 Å². The van der Waals surface area contributed by atoms with Crippen LogP contribution in [-0.4, -0.2) is 42.8 Å². The van der Waals surface area contributed by atoms with Crippen LogP contribution >= 0.6 is 11.8 Å². The van der Waals surface area contributed by atoms with Gasteiger partial charge >= 0.3 is 0 Å². The highest BCUT2D eigenvalue weighted by Crippen LogP contribution is 2.21. The summed E-state index contributed by atoms with van der Waals surface area (Å²) in [6.07, 6.45) is 7.82. The molecular weight excluding hydrogens is 302 g/mol. The molecule has 0 aliphatic rings. The first-order valence-electron chi connectivity index (χ1n) is 6.32. The fraction of sp³-hybridized carbons (Fsp3) is 0.0769. The van der Waals surface area contributed by atoms with E-state index in [4.69, 9.17) is 0 Å². The monoisotopic (exact) mass is 313 g/mol. The lowest BCUT2D eigenvalue weighted by atomic mass is 10.3. The van der Waals surface area contributed by atoms with Crippen molar-refractivity contribution in [3.05, 3.63) is 42.7 Å². The number of pyridine rings is 1. The maximum absolute atomic E-state index is 11.8. The average molecular weight is 313 g/mol. The topological polar surface area (TPSA) is 109 Å². The number of rotatable bonds is 5. The van der Waals surface area contributed by atoms with E-state index in [0.717, 1.165) is 11.1 Å². The van der Waals surface area contributed by atoms with E-state index in [1.54, 1.807) is 24.8 Å². The van der Waals surface area contributed by atoms with Crippen LogP contribution in [0.1, 0.15) is 5.56 Å². The second-order valence-corrected chi connectivity index (χ2v) is 5.11. The maximum Gasteiger partial charge on any atom is 0.250 e. The lowest BCUT2D eigenvalue weighted by molar-refractivity contribution is -0.118. The molecule has 8 nitrogen and oxygen atoms in total. The molecular formula is C13H11N7OS. The van der Waals surface area contributed by atoms with Crippen LogP contribution < -0.4 is 5.43 Å². The molecule has 0 aliphatic heterocycles. The summed E-state index contributed by atoms with van der Waals surface area (Å²) in [6.45, 7) is 0. The van der Waals surface area contributed by atoms with Gasteiger partial charge in [-0.2, -0.15) is 5.10 Å². The molecule has 22 heavy (non-hydrogen) atoms. The minimum Gasteiger partial charge on any atom is -0.341 e. The number of amides is 1. The number of fused-ring (bicyclic) bond motifs is 1. The Bertz CT molecular complexity index is 802. The number of imidazole rings is 1. The van der Waals surface area contributed by atoms with E-state index in [-0.39, 0.29) is 11.7 Å². The van der Waals surface area contributed by atoms with Crippen molar-refractivity contribution in [3.63, 3.8) is 0 Å². The molecule has 110 valence electrons. The summed E-state index contributed by atoms with van der Waals surface area (Å²) in [6, 6.07) is 3.64. The zero-order chi connectivity index (χ0) is 15.2. The first kappa shape index (κ1) is 14.1. The first-order valence-corrected chi connectivity index (χ1v) is 7.30. The Kier molecular flexibility index (Phi) is 4.35. The molecule has 0 saturated heterocycles. The normalized spacial score (nSPS) is 11.1. The van der Waals surface area contributed by atoms with E-state index < -0.39 is 0 Å². The van der Waals surface area contributed by atoms with Crippen molar-refractivity contribution in [2.24, 2.45) is 5.10 Å². The third kappa shape index (κ3) is 3.44. The molecule has 3 aromatic rings. The van der Waals surface area contributed by atoms with Crippen molar-refractivity contribution in [1.29, 1.82) is 0 Å². The molecule has 1 amide bonds. The van der Waals surface area contributed by atoms with E-state index in [2.05, 4.69) is 35.4 Å². The van der Waals surface area contributed by atoms with Crippen LogP contribution in [0.15, 0.2) is 47.3 Å². The largest absolute Gasteiger partial charge is 0.341 e. The van der Waals surface area contributed by atoms with Gasteiger partial charge in [-0.15, -0.1) is 0 Å². The van der Waals surface area contributed by atoms with Gasteiger partial charge in [0.25, 0.3) is 0 Å². The molecule has 0 fully saturated rings. The molecule has 0 bridgehead atoms. The predicted molar refractivity (Wildman–Crippen MR) is 82.4 cm³/mol. The van der Waals surface area contributed by atoms with Gasteiger partial charge in [0.15, 0.2) is 5.65 Å². The van der Waals surface area contributed by atoms with Gasteiger partial charge in [0.1, 0.15) is 16.9 Å². The van der Waals surface area contributed by atoms with Gasteiger partial charge in [-0.05, 0) is 6.07 Å². The Morgan fingerprint density at radius 1 is 1.41 bits per heavy atom. The Morgan fingerprint density at radius 3 is 3.23 bits per heavy atom. The molecule has 9 heteroatoms. The van der Waals surface area contributed by atoms with Gasteiger partial charge < -0.3 is 4.98 Å². The summed E-state index contributed by atoms with van der Waals surface area (Å²) in [5.41, 5.74) is 4.56. The van der Waals surface area contributed by atoms with Gasteiger partial charge in [0.2, 0.25) is 5.91 Å². The number of hydrogen-bond acceptors (Lipinski definition) is 7. The van der Waals surface area contributed by atoms with Crippen LogP contribution in [0.25, 0.3) is 11.2 Å². The molecule has 0 spiro atoms. The van der Waals surface area contributed by atoms with Crippen molar-refractivity contribution in [2.45, 2.75) is 5.03 Å². The van der Waals surface area contributed by atoms with Gasteiger partial charge in [-0.25, -0.2) is 20.4 Å². The molecule has 3 heterocycles. The van der Waals surface area contributed by atoms with E-state index in [1.165, 1.54) is 24.3 Å². The molecule has 0 atom stereocenters. The van der Waals surface area contributed by atoms with E-state index >= 15 is 0 Å². The van der Waals surface area contributed by atoms with Crippen molar-refractivity contribution < 1.29 is 4.79 Å². The molecule has 0 aliphatic carbocycles. The Labute approximate surface area is 129 Å². The summed E-state index contributed by atoms with van der Waals surface area (Å²) in [5, 5.41) is 4.55. The number of carbonyl (C=O) groups is 1. The zero-order valence-corrected chi connectivity index (χ0v) is 12.1. The number of hydrogen-bond donors (Lipinski definition) is 2. The van der Waals surface area contributed by atoms with E-state index in [9.17, 15) is 4.79 Å². The summed E-state index contributed by atoms with van der Waals surface area (Å²) >= 11 is 1.29. The van der Waals surface area contributed by atoms with Crippen LogP contribution in [0.5, 0.6) is 0 Å². The molecule has 3 rings (SSSR count). The summed E-state index contributed by atoms with van der Waals surface area (Å²) in [7, 11) is 0. The van der Waals surface area contributed by atoms with Crippen molar-refractivity contribution in [3.8, 4) is 0 Å². The van der Waals surface area contributed by atoms with Crippen molar-refractivity contribution in [2.75, 3.05) is 5.75 Å². The van der Waals surface area contributed by atoms with Crippen LogP contribution in [0.3, 0.4) is 0 Å². The molecule has 0 saturated carbocycles. The lowest BCUT2D eigenvalue weighted by Crippen LogP contribution is -2.19. The minimum atomic E-state index is -0.226. The quantitative estimate of drug-likeness (QED) is 0.315. The minimum absolute atomic E-state index is 0.190. The van der Waals surface area contributed by atoms with Gasteiger partial charge in [0, 0.05) is 18.0 Å². The molecule has 0 aromatic carbocycles. The van der Waals surface area contributed by atoms with Gasteiger partial charge in [-0.1, -0.05) is 17.8 Å². The summed E-state index contributed by atoms with van der Waals surface area (Å²) < 4.78 is 0. The first-order chi connectivity index (χ1) is 10.8. The van der Waals surface area contributed by atoms with Crippen LogP contribution in [0.2, 0.25) is 0 Å². The van der Waals surface area contributed by atoms with Crippen LogP contribution in [-0.2, 0) is 4.79 Å². The summed E-state index contributed by atoms with van der Waals surface area (Å²) in [5.74, 6) is -0.0355. The molecule has 0 radical (unpaired) electrons. The highest BCUT2D eigenvalue weighted by molar-refractivity contribution is 8.00. The highest BCUT2D eigenvalue weighted by Gasteiger charge is 2.08. The molecule has 2 N–H and O–H groups in total. The second-order valence-electron chi connectivity index (χ2n) is 4.15. The second kappa shape index (κ2) is 6.76. The van der Waals surface area contributed by atoms with Crippen molar-refractivity contribution in [1.82, 2.24) is 30.3 Å². The Morgan fingerprint density at radius 2 is 2.36 bits per heavy atom. The third-order valence-electron chi connectivity index (χ3n) is 2.62. The molecule has 3 aromatic heterocycles. The fourth-order valence-corrected chi connectivity index (χ4v) is 2.40. The number of nitrogens with zero attached hydrogens (tertiary/aromatic N) is 5.